The Hall–Kier alpha value is -4.78. The van der Waals surface area contributed by atoms with Gasteiger partial charge in [-0.25, -0.2) is 4.79 Å². The predicted octanol–water partition coefficient (Wildman–Crippen LogP) is 9.02. The van der Waals surface area contributed by atoms with Crippen LogP contribution in [0.4, 0.5) is 26.3 Å². The topological polar surface area (TPSA) is 70.0 Å². The zero-order chi connectivity index (χ0) is 36.9. The normalized spacial score (nSPS) is 15.3. The van der Waals surface area contributed by atoms with E-state index >= 15 is 0 Å². The van der Waals surface area contributed by atoms with Crippen LogP contribution < -0.4 is 15.0 Å². The molecule has 4 aromatic rings. The molecule has 0 spiro atoms. The second-order valence-corrected chi connectivity index (χ2v) is 12.8. The van der Waals surface area contributed by atoms with E-state index in [-0.39, 0.29) is 47.8 Å². The Bertz CT molecular complexity index is 1890. The summed E-state index contributed by atoms with van der Waals surface area (Å²) in [5.74, 6) is -1.33. The van der Waals surface area contributed by atoms with Gasteiger partial charge in [-0.05, 0) is 74.0 Å². The molecular formula is C38H38F6N2O5. The summed E-state index contributed by atoms with van der Waals surface area (Å²) in [6.45, 7) is 5.09. The van der Waals surface area contributed by atoms with Crippen molar-refractivity contribution in [3.8, 4) is 33.8 Å². The molecule has 0 unspecified atom stereocenters. The molecule has 51 heavy (non-hydrogen) atoms. The fraction of sp³-hybridized carbons (Fsp3) is 0.368. The second kappa shape index (κ2) is 15.6. The van der Waals surface area contributed by atoms with E-state index in [4.69, 9.17) is 4.74 Å². The van der Waals surface area contributed by atoms with Gasteiger partial charge in [0.2, 0.25) is 0 Å². The molecule has 1 atom stereocenters. The van der Waals surface area contributed by atoms with Gasteiger partial charge in [0.25, 0.3) is 5.56 Å². The maximum atomic E-state index is 14.6. The molecule has 272 valence electrons. The lowest BCUT2D eigenvalue weighted by Crippen LogP contribution is -2.35. The molecule has 0 N–H and O–H groups in total. The summed E-state index contributed by atoms with van der Waals surface area (Å²) in [6, 6.07) is 18.7. The smallest absolute Gasteiger partial charge is 0.465 e. The number of benzene rings is 3. The van der Waals surface area contributed by atoms with E-state index in [0.717, 1.165) is 37.0 Å². The number of pyridine rings is 1. The van der Waals surface area contributed by atoms with Crippen LogP contribution in [0.15, 0.2) is 83.7 Å². The first-order valence-electron chi connectivity index (χ1n) is 16.5. The van der Waals surface area contributed by atoms with Crippen LogP contribution >= 0.6 is 0 Å². The quantitative estimate of drug-likeness (QED) is 0.108. The van der Waals surface area contributed by atoms with Crippen molar-refractivity contribution in [2.24, 2.45) is 5.92 Å². The summed E-state index contributed by atoms with van der Waals surface area (Å²) in [4.78, 5) is 28.8. The lowest BCUT2D eigenvalue weighted by atomic mass is 9.96. The van der Waals surface area contributed by atoms with Crippen LogP contribution in [-0.4, -0.2) is 47.9 Å². The van der Waals surface area contributed by atoms with E-state index in [0.29, 0.717) is 23.7 Å². The van der Waals surface area contributed by atoms with Gasteiger partial charge in [-0.2, -0.15) is 0 Å². The number of halogens is 6. The number of carbonyl (C=O) groups is 1. The number of ether oxygens (including phenoxy) is 3. The molecule has 1 aromatic heterocycles. The average Bonchev–Trinajstić information content (AvgIpc) is 3.49. The first-order valence-corrected chi connectivity index (χ1v) is 16.5. The number of likely N-dealkylation sites (tertiary alicyclic amines) is 1. The maximum Gasteiger partial charge on any atom is 0.573 e. The fourth-order valence-electron chi connectivity index (χ4n) is 6.61. The third kappa shape index (κ3) is 9.52. The van der Waals surface area contributed by atoms with Crippen molar-refractivity contribution in [2.45, 2.75) is 71.4 Å². The molecule has 0 saturated carbocycles. The van der Waals surface area contributed by atoms with Gasteiger partial charge < -0.3 is 18.8 Å². The minimum atomic E-state index is -5.08. The number of methoxy groups -OCH3 is 1. The minimum absolute atomic E-state index is 0.0103. The lowest BCUT2D eigenvalue weighted by molar-refractivity contribution is -0.275. The monoisotopic (exact) mass is 716 g/mol. The van der Waals surface area contributed by atoms with Crippen molar-refractivity contribution in [3.05, 3.63) is 106 Å². The number of carbonyl (C=O) groups excluding carboxylic acids is 1. The summed E-state index contributed by atoms with van der Waals surface area (Å²) in [5.41, 5.74) is 0.612. The molecular weight excluding hydrogens is 678 g/mol. The highest BCUT2D eigenvalue weighted by molar-refractivity contribution is 5.89. The highest BCUT2D eigenvalue weighted by Crippen LogP contribution is 2.40. The summed E-state index contributed by atoms with van der Waals surface area (Å²) in [5, 5.41) is 0. The van der Waals surface area contributed by atoms with Gasteiger partial charge in [0, 0.05) is 41.5 Å². The van der Waals surface area contributed by atoms with Gasteiger partial charge in [-0.1, -0.05) is 62.4 Å². The van der Waals surface area contributed by atoms with E-state index in [1.165, 1.54) is 54.1 Å². The van der Waals surface area contributed by atoms with Crippen molar-refractivity contribution in [2.75, 3.05) is 13.7 Å². The Labute approximate surface area is 291 Å². The van der Waals surface area contributed by atoms with Crippen molar-refractivity contribution >= 4 is 5.97 Å². The number of nitrogens with zero attached hydrogens (tertiary/aromatic N) is 2. The second-order valence-electron chi connectivity index (χ2n) is 12.8. The van der Waals surface area contributed by atoms with Crippen LogP contribution in [0.5, 0.6) is 11.5 Å². The molecule has 0 bridgehead atoms. The molecule has 3 aromatic carbocycles. The van der Waals surface area contributed by atoms with Gasteiger partial charge >= 0.3 is 18.7 Å². The number of aryl methyl sites for hydroxylation is 1. The Morgan fingerprint density at radius 2 is 1.39 bits per heavy atom. The van der Waals surface area contributed by atoms with Gasteiger partial charge in [-0.15, -0.1) is 26.3 Å². The van der Waals surface area contributed by atoms with Crippen LogP contribution in [0.25, 0.3) is 22.3 Å². The average molecular weight is 717 g/mol. The van der Waals surface area contributed by atoms with Gasteiger partial charge in [-0.3, -0.25) is 9.69 Å². The largest absolute Gasteiger partial charge is 0.573 e. The van der Waals surface area contributed by atoms with Gasteiger partial charge in [0.1, 0.15) is 11.5 Å². The third-order valence-corrected chi connectivity index (χ3v) is 8.80. The maximum absolute atomic E-state index is 14.6. The van der Waals surface area contributed by atoms with Crippen LogP contribution in [0.3, 0.4) is 0 Å². The van der Waals surface area contributed by atoms with Crippen LogP contribution in [0.2, 0.25) is 0 Å². The zero-order valence-corrected chi connectivity index (χ0v) is 28.3. The molecule has 1 fully saturated rings. The number of esters is 1. The van der Waals surface area contributed by atoms with Crippen molar-refractivity contribution < 1.29 is 45.3 Å². The molecule has 2 heterocycles. The highest BCUT2D eigenvalue weighted by Gasteiger charge is 2.35. The lowest BCUT2D eigenvalue weighted by Gasteiger charge is -2.29. The van der Waals surface area contributed by atoms with E-state index in [1.807, 2.05) is 0 Å². The van der Waals surface area contributed by atoms with Crippen molar-refractivity contribution in [3.63, 3.8) is 0 Å². The van der Waals surface area contributed by atoms with Crippen molar-refractivity contribution in [1.82, 2.24) is 9.47 Å². The van der Waals surface area contributed by atoms with Crippen LogP contribution in [-0.2, 0) is 24.2 Å². The Kier molecular flexibility index (Phi) is 11.5. The molecule has 5 rings (SSSR count). The number of para-hydroxylation sites is 2. The number of aromatic nitrogens is 1. The molecule has 1 aliphatic heterocycles. The number of hydrogen-bond donors (Lipinski definition) is 0. The Balaban J connectivity index is 1.75. The Morgan fingerprint density at radius 1 is 0.824 bits per heavy atom. The summed E-state index contributed by atoms with van der Waals surface area (Å²) in [7, 11) is 1.26. The number of alkyl halides is 6. The first-order chi connectivity index (χ1) is 24.1. The fourth-order valence-corrected chi connectivity index (χ4v) is 6.61. The van der Waals surface area contributed by atoms with Crippen LogP contribution in [0.1, 0.15) is 54.7 Å². The number of hydrogen-bond acceptors (Lipinski definition) is 6. The standard InChI is InChI=1S/C38H38F6N2O5/c1-24(2)21-27-9-8-19-45(27)23-32-30(28-10-4-6-12-33(28)50-37(39,40)41)22-31(29-11-5-7-13-34(29)51-38(42,43)44)35(47)46(32)20-18-25-14-16-26(17-15-25)36(48)49-3/h4-7,10-17,22,24,27H,8-9,18-21,23H2,1-3H3/t27-/m1/s1. The summed E-state index contributed by atoms with van der Waals surface area (Å²) >= 11 is 0. The summed E-state index contributed by atoms with van der Waals surface area (Å²) in [6.07, 6.45) is -7.24. The van der Waals surface area contributed by atoms with Crippen molar-refractivity contribution in [1.29, 1.82) is 0 Å². The Morgan fingerprint density at radius 3 is 1.94 bits per heavy atom. The molecule has 0 radical (unpaired) electrons. The molecule has 13 heteroatoms. The van der Waals surface area contributed by atoms with Gasteiger partial charge in [0.15, 0.2) is 0 Å². The highest BCUT2D eigenvalue weighted by atomic mass is 19.4. The molecule has 0 amide bonds. The number of rotatable bonds is 12. The molecule has 7 nitrogen and oxygen atoms in total. The third-order valence-electron chi connectivity index (χ3n) is 8.80. The predicted molar refractivity (Wildman–Crippen MR) is 179 cm³/mol. The summed E-state index contributed by atoms with van der Waals surface area (Å²) < 4.78 is 96.7. The first kappa shape index (κ1) is 37.5. The zero-order valence-electron chi connectivity index (χ0n) is 28.3. The molecule has 1 saturated heterocycles. The molecule has 0 aliphatic carbocycles. The van der Waals surface area contributed by atoms with Crippen LogP contribution in [0, 0.1) is 5.92 Å². The van der Waals surface area contributed by atoms with E-state index in [9.17, 15) is 35.9 Å². The van der Waals surface area contributed by atoms with E-state index in [2.05, 4.69) is 28.2 Å². The van der Waals surface area contributed by atoms with Gasteiger partial charge in [0.05, 0.1) is 18.2 Å². The SMILES string of the molecule is COC(=O)c1ccc(CCn2c(CN3CCC[C@@H]3CC(C)C)c(-c3ccccc3OC(F)(F)F)cc(-c3ccccc3OC(F)(F)F)c2=O)cc1. The molecule has 1 aliphatic rings. The minimum Gasteiger partial charge on any atom is -0.465 e. The van der Waals surface area contributed by atoms with E-state index < -0.39 is 35.8 Å². The van der Waals surface area contributed by atoms with E-state index in [1.54, 1.807) is 24.3 Å².